The van der Waals surface area contributed by atoms with E-state index < -0.39 is 181 Å². The maximum atomic E-state index is 15.8. The molecule has 0 spiro atoms. The highest BCUT2D eigenvalue weighted by molar-refractivity contribution is 5.96. The SMILES string of the molecule is CC(=O)O[C@H]1C(=O)[C@@]2(C)C(C(OC(=O)c3ccccc3)[C@]3(O)C[C@H](OC(=O)[C@H](OC(=O)CCCC(=O)N[C@@H]4O[C@H](CO)[C@@H](O)[C@H](O)[C@H]4O)[C@@H](NC(=O)c4ccccc4)c4ccccc4)C(C)=C1C3(C)C)[C@]1(OC(C)=O)CO[C@@H]1C[C@@H]2O. The number of ether oxygens (including phenoxy) is 7. The van der Waals surface area contributed by atoms with Gasteiger partial charge in [-0.2, -0.15) is 0 Å². The van der Waals surface area contributed by atoms with Crippen LogP contribution in [0.3, 0.4) is 0 Å². The van der Waals surface area contributed by atoms with Gasteiger partial charge in [0.15, 0.2) is 23.7 Å². The summed E-state index contributed by atoms with van der Waals surface area (Å²) in [6.07, 6.45) is -20.8. The van der Waals surface area contributed by atoms with Crippen LogP contribution in [-0.4, -0.2) is 170 Å². The van der Waals surface area contributed by atoms with Gasteiger partial charge in [0.1, 0.15) is 54.4 Å². The number of carbonyl (C=O) groups is 8. The lowest BCUT2D eigenvalue weighted by atomic mass is 9.44. The fourth-order valence-electron chi connectivity index (χ4n) is 12.3. The minimum Gasteiger partial charge on any atom is -0.455 e. The number of Topliss-reactive ketones (excluding diaryl/α,β-unsaturated/α-hetero) is 1. The zero-order chi connectivity index (χ0) is 58.9. The maximum Gasteiger partial charge on any atom is 0.350 e. The molecule has 2 unspecified atom stereocenters. The topological polar surface area (TPSA) is 347 Å². The van der Waals surface area contributed by atoms with Crippen LogP contribution in [0.25, 0.3) is 0 Å². The van der Waals surface area contributed by atoms with E-state index in [1.54, 1.807) is 54.6 Å². The van der Waals surface area contributed by atoms with Crippen LogP contribution in [0.15, 0.2) is 102 Å². The number of benzene rings is 3. The number of aliphatic hydroxyl groups is 6. The second-order valence-corrected chi connectivity index (χ2v) is 22.0. The van der Waals surface area contributed by atoms with Crippen LogP contribution in [-0.2, 0) is 61.9 Å². The van der Waals surface area contributed by atoms with Crippen molar-refractivity contribution in [2.75, 3.05) is 13.2 Å². The molecule has 0 radical (unpaired) electrons. The van der Waals surface area contributed by atoms with Crippen LogP contribution >= 0.6 is 0 Å². The van der Waals surface area contributed by atoms with Crippen LogP contribution in [0, 0.1) is 16.7 Å². The minimum absolute atomic E-state index is 0.000384. The lowest BCUT2D eigenvalue weighted by Crippen LogP contribution is -2.82. The molecule has 2 aliphatic heterocycles. The van der Waals surface area contributed by atoms with Crippen molar-refractivity contribution < 1.29 is 102 Å². The Balaban J connectivity index is 1.20. The molecule has 23 heteroatoms. The number of rotatable bonds is 17. The molecular weight excluding hydrogens is 1060 g/mol. The number of hydrogen-bond donors (Lipinski definition) is 8. The highest BCUT2D eigenvalue weighted by Crippen LogP contribution is 2.64. The van der Waals surface area contributed by atoms with E-state index in [1.807, 2.05) is 0 Å². The van der Waals surface area contributed by atoms with E-state index >= 15 is 9.59 Å². The summed E-state index contributed by atoms with van der Waals surface area (Å²) in [6, 6.07) is 21.9. The van der Waals surface area contributed by atoms with Crippen molar-refractivity contribution >= 4 is 47.4 Å². The molecule has 0 aromatic heterocycles. The molecule has 3 aromatic rings. The Hall–Kier alpha value is -6.96. The predicted molar refractivity (Wildman–Crippen MR) is 277 cm³/mol. The van der Waals surface area contributed by atoms with E-state index in [2.05, 4.69) is 10.6 Å². The smallest absolute Gasteiger partial charge is 0.350 e. The maximum absolute atomic E-state index is 15.8. The van der Waals surface area contributed by atoms with Crippen molar-refractivity contribution in [1.82, 2.24) is 10.6 Å². The monoisotopic (exact) mass is 1130 g/mol. The number of fused-ring (bicyclic) bond motifs is 5. The average molecular weight is 1130 g/mol. The second kappa shape index (κ2) is 23.9. The zero-order valence-electron chi connectivity index (χ0n) is 45.4. The molecule has 3 aromatic carbocycles. The largest absolute Gasteiger partial charge is 0.455 e. The number of ketones is 1. The van der Waals surface area contributed by atoms with Gasteiger partial charge in [0.25, 0.3) is 5.91 Å². The van der Waals surface area contributed by atoms with E-state index in [-0.39, 0.29) is 40.7 Å². The molecule has 81 heavy (non-hydrogen) atoms. The van der Waals surface area contributed by atoms with Gasteiger partial charge in [0, 0.05) is 50.5 Å². The molecule has 2 amide bonds. The number of aliphatic hydroxyl groups excluding tert-OH is 5. The van der Waals surface area contributed by atoms with Crippen molar-refractivity contribution in [2.45, 2.75) is 158 Å². The molecule has 2 heterocycles. The summed E-state index contributed by atoms with van der Waals surface area (Å²) < 4.78 is 42.1. The van der Waals surface area contributed by atoms with Gasteiger partial charge in [-0.1, -0.05) is 80.6 Å². The number of nitrogens with one attached hydrogen (secondary N) is 2. The molecule has 436 valence electrons. The van der Waals surface area contributed by atoms with Crippen molar-refractivity contribution in [3.05, 3.63) is 119 Å². The Morgan fingerprint density at radius 1 is 0.778 bits per heavy atom. The second-order valence-electron chi connectivity index (χ2n) is 22.0. The average Bonchev–Trinajstić information content (AvgIpc) is 2.23. The Kier molecular flexibility index (Phi) is 17.7. The Morgan fingerprint density at radius 2 is 1.40 bits per heavy atom. The molecule has 8 N–H and O–H groups in total. The standard InChI is InChI=1S/C58H68N2O21/c1-29-35(26-58(74)50(80-53(72)34-21-14-9-15-22-34)48-56(6,37(64)25-38-57(48,28-75-38)81-31(3)63)49(70)46(76-30(2)62)41(29)55(58,4)5)78-54(73)47(42(32-17-10-7-11-18-32)60-51(71)33-19-12-8-13-20-33)79-40(66)24-16-23-39(65)59-52-45(69)44(68)43(67)36(27-61)77-52/h7-15,17-22,35-38,42-48,50,52,61,64,67-69,74H,16,23-28H2,1-6H3,(H,59,65)(H,60,71)/t35-,36+,37-,38+,42-,43+,44-,45+,46+,47+,48?,50?,52+,56+,57-,58+/m0/s1. The van der Waals surface area contributed by atoms with Gasteiger partial charge < -0.3 is 74.4 Å². The molecule has 16 atom stereocenters. The van der Waals surface area contributed by atoms with Gasteiger partial charge in [-0.05, 0) is 61.2 Å². The molecular formula is C58H68N2O21. The summed E-state index contributed by atoms with van der Waals surface area (Å²) >= 11 is 0. The van der Waals surface area contributed by atoms with Crippen LogP contribution in [0.5, 0.6) is 0 Å². The normalized spacial score (nSPS) is 32.7. The highest BCUT2D eigenvalue weighted by atomic mass is 16.6. The fraction of sp³-hybridized carbons (Fsp3) is 0.517. The molecule has 4 fully saturated rings. The summed E-state index contributed by atoms with van der Waals surface area (Å²) in [5.41, 5.74) is -8.06. The molecule has 23 nitrogen and oxygen atoms in total. The van der Waals surface area contributed by atoms with E-state index in [1.165, 1.54) is 64.1 Å². The number of esters is 5. The highest BCUT2D eigenvalue weighted by Gasteiger charge is 2.78. The first-order chi connectivity index (χ1) is 38.3. The quantitative estimate of drug-likeness (QED) is 0.0537. The number of amides is 2. The molecule has 3 aliphatic carbocycles. The van der Waals surface area contributed by atoms with Crippen LogP contribution < -0.4 is 10.6 Å². The molecule has 2 saturated carbocycles. The Bertz CT molecular complexity index is 2900. The van der Waals surface area contributed by atoms with Gasteiger partial charge in [-0.25, -0.2) is 9.59 Å². The third-order valence-electron chi connectivity index (χ3n) is 16.7. The number of hydrogen-bond acceptors (Lipinski definition) is 21. The summed E-state index contributed by atoms with van der Waals surface area (Å²) in [6.45, 7) is 6.83. The predicted octanol–water partition coefficient (Wildman–Crippen LogP) is 1.37. The van der Waals surface area contributed by atoms with Gasteiger partial charge in [-0.15, -0.1) is 0 Å². The Labute approximate surface area is 465 Å². The lowest BCUT2D eigenvalue weighted by molar-refractivity contribution is -0.346. The van der Waals surface area contributed by atoms with Crippen LogP contribution in [0.2, 0.25) is 0 Å². The van der Waals surface area contributed by atoms with E-state index in [4.69, 9.17) is 33.2 Å². The van der Waals surface area contributed by atoms with Crippen LogP contribution in [0.4, 0.5) is 0 Å². The van der Waals surface area contributed by atoms with E-state index in [0.717, 1.165) is 13.8 Å². The van der Waals surface area contributed by atoms with Gasteiger partial charge in [-0.3, -0.25) is 28.8 Å². The molecule has 2 bridgehead atoms. The summed E-state index contributed by atoms with van der Waals surface area (Å²) in [5, 5.41) is 71.8. The lowest BCUT2D eigenvalue weighted by Gasteiger charge is -2.67. The van der Waals surface area contributed by atoms with Crippen LogP contribution in [0.1, 0.15) is 106 Å². The van der Waals surface area contributed by atoms with Crippen molar-refractivity contribution in [1.29, 1.82) is 0 Å². The zero-order valence-corrected chi connectivity index (χ0v) is 45.4. The van der Waals surface area contributed by atoms with Gasteiger partial charge in [0.2, 0.25) is 12.0 Å². The third kappa shape index (κ3) is 11.4. The number of carbonyl (C=O) groups excluding carboxylic acids is 8. The van der Waals surface area contributed by atoms with Crippen molar-refractivity contribution in [3.8, 4) is 0 Å². The summed E-state index contributed by atoms with van der Waals surface area (Å²) in [7, 11) is 0. The first-order valence-electron chi connectivity index (χ1n) is 26.6. The third-order valence-corrected chi connectivity index (χ3v) is 16.7. The van der Waals surface area contributed by atoms with E-state index in [9.17, 15) is 59.4 Å². The molecule has 2 saturated heterocycles. The molecule has 5 aliphatic rings. The summed E-state index contributed by atoms with van der Waals surface area (Å²) in [4.78, 5) is 114. The minimum atomic E-state index is -2.55. The first-order valence-corrected chi connectivity index (χ1v) is 26.6. The fourth-order valence-corrected chi connectivity index (χ4v) is 12.3. The van der Waals surface area contributed by atoms with Gasteiger partial charge in [0.05, 0.1) is 36.2 Å². The van der Waals surface area contributed by atoms with Crippen molar-refractivity contribution in [3.63, 3.8) is 0 Å². The van der Waals surface area contributed by atoms with Gasteiger partial charge >= 0.3 is 29.8 Å². The summed E-state index contributed by atoms with van der Waals surface area (Å²) in [5.74, 6) is -9.36. The molecule has 8 rings (SSSR count). The van der Waals surface area contributed by atoms with Crippen molar-refractivity contribution in [2.24, 2.45) is 16.7 Å². The Morgan fingerprint density at radius 3 is 1.98 bits per heavy atom. The van der Waals surface area contributed by atoms with E-state index in [0.29, 0.717) is 0 Å². The first kappa shape index (κ1) is 60.1.